The van der Waals surface area contributed by atoms with Gasteiger partial charge in [-0.05, 0) is 45.6 Å². The van der Waals surface area contributed by atoms with Crippen molar-refractivity contribution >= 4 is 0 Å². The number of hydrogen-bond acceptors (Lipinski definition) is 2. The summed E-state index contributed by atoms with van der Waals surface area (Å²) in [5.74, 6) is 0.775. The first kappa shape index (κ1) is 15.0. The van der Waals surface area contributed by atoms with Crippen LogP contribution in [0.3, 0.4) is 0 Å². The predicted octanol–water partition coefficient (Wildman–Crippen LogP) is 3.27. The van der Waals surface area contributed by atoms with Gasteiger partial charge >= 0.3 is 0 Å². The van der Waals surface area contributed by atoms with Crippen LogP contribution in [0.1, 0.15) is 60.3 Å². The molecule has 2 heteroatoms. The van der Waals surface area contributed by atoms with Crippen molar-refractivity contribution in [1.29, 1.82) is 0 Å². The lowest BCUT2D eigenvalue weighted by Crippen LogP contribution is -2.48. The van der Waals surface area contributed by atoms with Gasteiger partial charge in [0.15, 0.2) is 0 Å². The zero-order chi connectivity index (χ0) is 12.8. The van der Waals surface area contributed by atoms with Gasteiger partial charge in [-0.2, -0.15) is 0 Å². The molecule has 1 rings (SSSR count). The van der Waals surface area contributed by atoms with Gasteiger partial charge in [0.1, 0.15) is 0 Å². The summed E-state index contributed by atoms with van der Waals surface area (Å²) in [6.07, 6.45) is 5.51. The minimum atomic E-state index is 0.683. The zero-order valence-corrected chi connectivity index (χ0v) is 12.5. The van der Waals surface area contributed by atoms with E-state index in [1.807, 2.05) is 0 Å². The van der Waals surface area contributed by atoms with Gasteiger partial charge in [-0.15, -0.1) is 0 Å². The molecule has 0 aliphatic heterocycles. The molecule has 1 N–H and O–H groups in total. The van der Waals surface area contributed by atoms with Gasteiger partial charge in [0.2, 0.25) is 0 Å². The summed E-state index contributed by atoms with van der Waals surface area (Å²) in [6, 6.07) is 2.24. The molecule has 0 aromatic rings. The molecule has 0 aromatic heterocycles. The molecule has 0 bridgehead atoms. The summed E-state index contributed by atoms with van der Waals surface area (Å²) >= 11 is 0. The van der Waals surface area contributed by atoms with E-state index < -0.39 is 0 Å². The lowest BCUT2D eigenvalue weighted by atomic mass is 9.89. The Morgan fingerprint density at radius 2 is 1.88 bits per heavy atom. The number of nitrogens with one attached hydrogen (secondary N) is 1. The van der Waals surface area contributed by atoms with Gasteiger partial charge < -0.3 is 5.32 Å². The molecule has 0 radical (unpaired) electrons. The van der Waals surface area contributed by atoms with Gasteiger partial charge in [0.05, 0.1) is 0 Å². The summed E-state index contributed by atoms with van der Waals surface area (Å²) in [7, 11) is 0. The Hall–Kier alpha value is -0.0800. The third kappa shape index (κ3) is 4.97. The van der Waals surface area contributed by atoms with Crippen molar-refractivity contribution in [2.45, 2.75) is 78.4 Å². The summed E-state index contributed by atoms with van der Waals surface area (Å²) in [5.41, 5.74) is 0. The Labute approximate surface area is 108 Å². The fourth-order valence-electron chi connectivity index (χ4n) is 3.14. The normalized spacial score (nSPS) is 26.1. The maximum Gasteiger partial charge on any atom is 0.0113 e. The van der Waals surface area contributed by atoms with Crippen LogP contribution < -0.4 is 5.32 Å². The average molecular weight is 240 g/mol. The van der Waals surface area contributed by atoms with Gasteiger partial charge in [-0.25, -0.2) is 0 Å². The molecule has 1 aliphatic rings. The fourth-order valence-corrected chi connectivity index (χ4v) is 3.14. The third-order valence-electron chi connectivity index (χ3n) is 3.85. The van der Waals surface area contributed by atoms with Gasteiger partial charge in [0, 0.05) is 24.7 Å². The van der Waals surface area contributed by atoms with E-state index in [4.69, 9.17) is 0 Å². The minimum absolute atomic E-state index is 0.683. The molecule has 0 spiro atoms. The van der Waals surface area contributed by atoms with Crippen molar-refractivity contribution < 1.29 is 0 Å². The Bertz CT molecular complexity index is 199. The molecule has 2 nitrogen and oxygen atoms in total. The summed E-state index contributed by atoms with van der Waals surface area (Å²) < 4.78 is 0. The van der Waals surface area contributed by atoms with E-state index in [0.717, 1.165) is 24.5 Å². The predicted molar refractivity (Wildman–Crippen MR) is 76.4 cm³/mol. The van der Waals surface area contributed by atoms with Gasteiger partial charge in [-0.3, -0.25) is 4.90 Å². The van der Waals surface area contributed by atoms with Crippen LogP contribution in [0.2, 0.25) is 0 Å². The summed E-state index contributed by atoms with van der Waals surface area (Å²) in [4.78, 5) is 2.73. The van der Waals surface area contributed by atoms with E-state index in [1.54, 1.807) is 0 Å². The highest BCUT2D eigenvalue weighted by molar-refractivity contribution is 4.85. The molecule has 2 unspecified atom stereocenters. The van der Waals surface area contributed by atoms with Crippen LogP contribution in [-0.2, 0) is 0 Å². The van der Waals surface area contributed by atoms with E-state index in [9.17, 15) is 0 Å². The van der Waals surface area contributed by atoms with Crippen molar-refractivity contribution in [2.75, 3.05) is 13.1 Å². The molecule has 2 atom stereocenters. The molecular formula is C15H32N2. The second-order valence-corrected chi connectivity index (χ2v) is 6.26. The topological polar surface area (TPSA) is 15.3 Å². The van der Waals surface area contributed by atoms with Crippen molar-refractivity contribution in [1.82, 2.24) is 10.2 Å². The lowest BCUT2D eigenvalue weighted by Gasteiger charge is -2.41. The van der Waals surface area contributed by atoms with Crippen LogP contribution >= 0.6 is 0 Å². The fraction of sp³-hybridized carbons (Fsp3) is 1.00. The van der Waals surface area contributed by atoms with Crippen LogP contribution in [0.15, 0.2) is 0 Å². The molecule has 17 heavy (non-hydrogen) atoms. The van der Waals surface area contributed by atoms with E-state index in [1.165, 1.54) is 32.2 Å². The highest BCUT2D eigenvalue weighted by Gasteiger charge is 2.27. The number of hydrogen-bond donors (Lipinski definition) is 1. The molecular weight excluding hydrogens is 208 g/mol. The van der Waals surface area contributed by atoms with Crippen molar-refractivity contribution in [3.63, 3.8) is 0 Å². The van der Waals surface area contributed by atoms with Crippen LogP contribution in [0.5, 0.6) is 0 Å². The summed E-state index contributed by atoms with van der Waals surface area (Å²) in [5, 5.41) is 3.63. The van der Waals surface area contributed by atoms with E-state index in [0.29, 0.717) is 6.04 Å². The molecule has 0 heterocycles. The molecule has 1 saturated carbocycles. The van der Waals surface area contributed by atoms with E-state index in [-0.39, 0.29) is 0 Å². The minimum Gasteiger partial charge on any atom is -0.314 e. The van der Waals surface area contributed by atoms with Crippen molar-refractivity contribution in [3.05, 3.63) is 0 Å². The first-order chi connectivity index (χ1) is 8.04. The molecule has 1 fully saturated rings. The molecule has 102 valence electrons. The molecule has 0 amide bonds. The maximum atomic E-state index is 3.63. The largest absolute Gasteiger partial charge is 0.314 e. The van der Waals surface area contributed by atoms with Gasteiger partial charge in [0.25, 0.3) is 0 Å². The highest BCUT2D eigenvalue weighted by atomic mass is 15.2. The van der Waals surface area contributed by atoms with Crippen LogP contribution in [0, 0.1) is 5.92 Å². The first-order valence-electron chi connectivity index (χ1n) is 7.53. The second kappa shape index (κ2) is 7.38. The third-order valence-corrected chi connectivity index (χ3v) is 3.85. The first-order valence-corrected chi connectivity index (χ1v) is 7.53. The van der Waals surface area contributed by atoms with E-state index in [2.05, 4.69) is 44.8 Å². The van der Waals surface area contributed by atoms with Crippen molar-refractivity contribution in [2.24, 2.45) is 5.92 Å². The highest BCUT2D eigenvalue weighted by Crippen LogP contribution is 2.25. The average Bonchev–Trinajstić information content (AvgIpc) is 2.26. The van der Waals surface area contributed by atoms with Crippen LogP contribution in [0.4, 0.5) is 0 Å². The van der Waals surface area contributed by atoms with Crippen molar-refractivity contribution in [3.8, 4) is 0 Å². The Morgan fingerprint density at radius 1 is 1.18 bits per heavy atom. The Kier molecular flexibility index (Phi) is 6.50. The van der Waals surface area contributed by atoms with Gasteiger partial charge in [-0.1, -0.05) is 27.2 Å². The Morgan fingerprint density at radius 3 is 2.41 bits per heavy atom. The SMILES string of the molecule is CCNC1CCCC(N(CC(C)C)C(C)C)C1. The Balaban J connectivity index is 2.54. The quantitative estimate of drug-likeness (QED) is 0.766. The maximum absolute atomic E-state index is 3.63. The second-order valence-electron chi connectivity index (χ2n) is 6.26. The smallest absolute Gasteiger partial charge is 0.0113 e. The molecule has 0 aromatic carbocycles. The number of nitrogens with zero attached hydrogens (tertiary/aromatic N) is 1. The molecule has 1 aliphatic carbocycles. The van der Waals surface area contributed by atoms with E-state index >= 15 is 0 Å². The monoisotopic (exact) mass is 240 g/mol. The lowest BCUT2D eigenvalue weighted by molar-refractivity contribution is 0.0947. The van der Waals surface area contributed by atoms with Crippen LogP contribution in [-0.4, -0.2) is 36.1 Å². The zero-order valence-electron chi connectivity index (χ0n) is 12.5. The van der Waals surface area contributed by atoms with Crippen LogP contribution in [0.25, 0.3) is 0 Å². The standard InChI is InChI=1S/C15H32N2/c1-6-16-14-8-7-9-15(10-14)17(13(4)5)11-12(2)3/h12-16H,6-11H2,1-5H3. The summed E-state index contributed by atoms with van der Waals surface area (Å²) in [6.45, 7) is 13.9. The molecule has 0 saturated heterocycles. The number of rotatable bonds is 6.